The van der Waals surface area contributed by atoms with E-state index in [1.807, 2.05) is 0 Å². The Morgan fingerprint density at radius 2 is 1.79 bits per heavy atom. The van der Waals surface area contributed by atoms with E-state index in [0.29, 0.717) is 35.8 Å². The second kappa shape index (κ2) is 9.32. The van der Waals surface area contributed by atoms with Crippen molar-refractivity contribution < 1.29 is 22.3 Å². The number of sulfonamides is 1. The summed E-state index contributed by atoms with van der Waals surface area (Å²) >= 11 is 0. The van der Waals surface area contributed by atoms with Gasteiger partial charge >= 0.3 is 0 Å². The Hall–Kier alpha value is -3.24. The van der Waals surface area contributed by atoms with Crippen LogP contribution in [0.4, 0.5) is 10.1 Å². The molecule has 1 amide bonds. The van der Waals surface area contributed by atoms with Crippen molar-refractivity contribution in [2.45, 2.75) is 31.1 Å². The molecule has 174 valence electrons. The predicted octanol–water partition coefficient (Wildman–Crippen LogP) is 3.76. The minimum atomic E-state index is -3.67. The van der Waals surface area contributed by atoms with Gasteiger partial charge in [-0.3, -0.25) is 4.79 Å². The summed E-state index contributed by atoms with van der Waals surface area (Å²) in [7, 11) is -2.23. The summed E-state index contributed by atoms with van der Waals surface area (Å²) in [6, 6.07) is 10.2. The number of aromatic nitrogens is 2. The van der Waals surface area contributed by atoms with Crippen LogP contribution >= 0.6 is 0 Å². The van der Waals surface area contributed by atoms with E-state index in [2.05, 4.69) is 10.4 Å². The zero-order chi connectivity index (χ0) is 23.6. The van der Waals surface area contributed by atoms with Gasteiger partial charge in [-0.2, -0.15) is 9.40 Å². The summed E-state index contributed by atoms with van der Waals surface area (Å²) in [6.45, 7) is 2.69. The fourth-order valence-electron chi connectivity index (χ4n) is 3.86. The van der Waals surface area contributed by atoms with Crippen molar-refractivity contribution in [1.82, 2.24) is 14.1 Å². The van der Waals surface area contributed by atoms with Crippen molar-refractivity contribution in [3.05, 3.63) is 65.7 Å². The molecule has 33 heavy (non-hydrogen) atoms. The lowest BCUT2D eigenvalue weighted by Gasteiger charge is -2.26. The molecule has 0 aliphatic carbocycles. The fraction of sp³-hybridized carbons (Fsp3) is 0.304. The van der Waals surface area contributed by atoms with E-state index in [4.69, 9.17) is 4.74 Å². The van der Waals surface area contributed by atoms with E-state index >= 15 is 0 Å². The van der Waals surface area contributed by atoms with Crippen LogP contribution in [0.1, 0.15) is 35.3 Å². The van der Waals surface area contributed by atoms with Crippen LogP contribution in [0.3, 0.4) is 0 Å². The van der Waals surface area contributed by atoms with Crippen LogP contribution in [-0.2, 0) is 10.0 Å². The van der Waals surface area contributed by atoms with Crippen LogP contribution in [-0.4, -0.2) is 48.6 Å². The van der Waals surface area contributed by atoms with E-state index < -0.39 is 15.9 Å². The third kappa shape index (κ3) is 4.62. The summed E-state index contributed by atoms with van der Waals surface area (Å²) < 4.78 is 47.7. The maximum atomic E-state index is 13.2. The second-order valence-corrected chi connectivity index (χ2v) is 9.75. The molecule has 1 N–H and O–H groups in total. The van der Waals surface area contributed by atoms with Gasteiger partial charge in [-0.05, 0) is 62.2 Å². The zero-order valence-electron chi connectivity index (χ0n) is 18.4. The van der Waals surface area contributed by atoms with Gasteiger partial charge in [0.1, 0.15) is 11.6 Å². The van der Waals surface area contributed by atoms with Gasteiger partial charge in [-0.25, -0.2) is 17.5 Å². The average Bonchev–Trinajstić information content (AvgIpc) is 3.21. The Labute approximate surface area is 192 Å². The maximum Gasteiger partial charge on any atom is 0.259 e. The first-order valence-electron chi connectivity index (χ1n) is 10.6. The molecule has 2 heterocycles. The summed E-state index contributed by atoms with van der Waals surface area (Å²) in [5.41, 5.74) is 1.70. The summed E-state index contributed by atoms with van der Waals surface area (Å²) in [4.78, 5) is 13.1. The zero-order valence-corrected chi connectivity index (χ0v) is 19.2. The molecule has 0 spiro atoms. The van der Waals surface area contributed by atoms with Gasteiger partial charge in [0.25, 0.3) is 5.91 Å². The molecule has 3 aromatic rings. The Morgan fingerprint density at radius 3 is 2.45 bits per heavy atom. The number of ether oxygens (including phenoxy) is 1. The van der Waals surface area contributed by atoms with E-state index in [1.165, 1.54) is 52.6 Å². The van der Waals surface area contributed by atoms with Crippen molar-refractivity contribution in [3.8, 4) is 11.4 Å². The molecule has 0 radical (unpaired) electrons. The number of rotatable bonds is 6. The van der Waals surface area contributed by atoms with Crippen LogP contribution in [0, 0.1) is 12.7 Å². The molecule has 0 unspecified atom stereocenters. The third-order valence-electron chi connectivity index (χ3n) is 5.70. The highest BCUT2D eigenvalue weighted by Crippen LogP contribution is 2.30. The molecule has 1 aliphatic heterocycles. The molecule has 2 aromatic carbocycles. The summed E-state index contributed by atoms with van der Waals surface area (Å²) in [6.07, 6.45) is 4.09. The maximum absolute atomic E-state index is 13.2. The number of carbonyl (C=O) groups excluding carboxylic acids is 1. The standard InChI is InChI=1S/C23H25FN4O4S/c1-16-20(15-25-28(16)18-8-6-17(24)7-9-18)23(29)26-21-14-19(10-11-22(21)32-2)33(30,31)27-12-4-3-5-13-27/h6-11,14-15H,3-5,12-13H2,1-2H3,(H,26,29). The lowest BCUT2D eigenvalue weighted by molar-refractivity contribution is 0.102. The topological polar surface area (TPSA) is 93.5 Å². The lowest BCUT2D eigenvalue weighted by atomic mass is 10.2. The van der Waals surface area contributed by atoms with E-state index in [9.17, 15) is 17.6 Å². The number of carbonyl (C=O) groups is 1. The van der Waals surface area contributed by atoms with Gasteiger partial charge < -0.3 is 10.1 Å². The molecule has 0 bridgehead atoms. The van der Waals surface area contributed by atoms with Gasteiger partial charge in [-0.1, -0.05) is 6.42 Å². The number of hydrogen-bond donors (Lipinski definition) is 1. The number of amides is 1. The average molecular weight is 473 g/mol. The van der Waals surface area contributed by atoms with Gasteiger partial charge in [0.2, 0.25) is 10.0 Å². The van der Waals surface area contributed by atoms with Gasteiger partial charge in [-0.15, -0.1) is 0 Å². The number of anilines is 1. The number of halogens is 1. The second-order valence-electron chi connectivity index (χ2n) is 7.81. The van der Waals surface area contributed by atoms with Crippen molar-refractivity contribution in [2.75, 3.05) is 25.5 Å². The molecular formula is C23H25FN4O4S. The molecule has 1 aromatic heterocycles. The van der Waals surface area contributed by atoms with Crippen LogP contribution < -0.4 is 10.1 Å². The quantitative estimate of drug-likeness (QED) is 0.590. The highest BCUT2D eigenvalue weighted by Gasteiger charge is 2.27. The lowest BCUT2D eigenvalue weighted by Crippen LogP contribution is -2.35. The Bertz CT molecular complexity index is 1270. The first-order valence-corrected chi connectivity index (χ1v) is 12.1. The molecule has 0 atom stereocenters. The number of nitrogens with one attached hydrogen (secondary N) is 1. The SMILES string of the molecule is COc1ccc(S(=O)(=O)N2CCCCC2)cc1NC(=O)c1cnn(-c2ccc(F)cc2)c1C. The number of methoxy groups -OCH3 is 1. The largest absolute Gasteiger partial charge is 0.495 e. The molecule has 10 heteroatoms. The minimum Gasteiger partial charge on any atom is -0.495 e. The number of nitrogens with zero attached hydrogens (tertiary/aromatic N) is 3. The predicted molar refractivity (Wildman–Crippen MR) is 122 cm³/mol. The monoisotopic (exact) mass is 472 g/mol. The van der Waals surface area contributed by atoms with Crippen molar-refractivity contribution in [1.29, 1.82) is 0 Å². The normalized spacial score (nSPS) is 14.8. The highest BCUT2D eigenvalue weighted by atomic mass is 32.2. The van der Waals surface area contributed by atoms with Crippen LogP contribution in [0.2, 0.25) is 0 Å². The first-order chi connectivity index (χ1) is 15.8. The van der Waals surface area contributed by atoms with Crippen LogP contribution in [0.5, 0.6) is 5.75 Å². The number of benzene rings is 2. The molecule has 8 nitrogen and oxygen atoms in total. The van der Waals surface area contributed by atoms with Gasteiger partial charge in [0, 0.05) is 13.1 Å². The van der Waals surface area contributed by atoms with E-state index in [1.54, 1.807) is 19.1 Å². The van der Waals surface area contributed by atoms with E-state index in [-0.39, 0.29) is 16.4 Å². The number of hydrogen-bond acceptors (Lipinski definition) is 5. The van der Waals surface area contributed by atoms with Crippen LogP contribution in [0.25, 0.3) is 5.69 Å². The summed E-state index contributed by atoms with van der Waals surface area (Å²) in [5, 5.41) is 6.99. The Morgan fingerprint density at radius 1 is 1.09 bits per heavy atom. The Kier molecular flexibility index (Phi) is 6.48. The van der Waals surface area contributed by atoms with Crippen molar-refractivity contribution >= 4 is 21.6 Å². The van der Waals surface area contributed by atoms with Gasteiger partial charge in [0.15, 0.2) is 0 Å². The molecule has 1 saturated heterocycles. The first kappa shape index (κ1) is 22.9. The molecule has 1 aliphatic rings. The fourth-order valence-corrected chi connectivity index (χ4v) is 5.41. The molecule has 4 rings (SSSR count). The van der Waals surface area contributed by atoms with Crippen molar-refractivity contribution in [3.63, 3.8) is 0 Å². The van der Waals surface area contributed by atoms with Gasteiger partial charge in [0.05, 0.1) is 40.8 Å². The Balaban J connectivity index is 1.61. The summed E-state index contributed by atoms with van der Waals surface area (Å²) in [5.74, 6) is -0.496. The van der Waals surface area contributed by atoms with Crippen LogP contribution in [0.15, 0.2) is 53.6 Å². The smallest absolute Gasteiger partial charge is 0.259 e. The third-order valence-corrected chi connectivity index (χ3v) is 7.59. The molecular weight excluding hydrogens is 447 g/mol. The minimum absolute atomic E-state index is 0.0965. The highest BCUT2D eigenvalue weighted by molar-refractivity contribution is 7.89. The number of piperidine rings is 1. The van der Waals surface area contributed by atoms with Crippen molar-refractivity contribution in [2.24, 2.45) is 0 Å². The molecule has 1 fully saturated rings. The molecule has 0 saturated carbocycles. The van der Waals surface area contributed by atoms with E-state index in [0.717, 1.165) is 19.3 Å².